The Morgan fingerprint density at radius 3 is 3.00 bits per heavy atom. The van der Waals surface area contributed by atoms with E-state index in [-0.39, 0.29) is 0 Å². The molecule has 0 radical (unpaired) electrons. The van der Waals surface area contributed by atoms with Gasteiger partial charge in [0.05, 0.1) is 5.01 Å². The number of thioether (sulfide) groups is 1. The maximum atomic E-state index is 4.57. The van der Waals surface area contributed by atoms with Crippen molar-refractivity contribution in [1.82, 2.24) is 10.3 Å². The first kappa shape index (κ1) is 11.4. The lowest BCUT2D eigenvalue weighted by atomic mass is 10.0. The Balaban J connectivity index is 1.93. The second kappa shape index (κ2) is 5.87. The standard InChI is InChI=1S/C11H18N2S2/c1-12-5-2-10-8-13-11(15-10)9-3-6-14-7-4-9/h8-9,12H,2-7H2,1H3. The van der Waals surface area contributed by atoms with Gasteiger partial charge in [-0.25, -0.2) is 4.98 Å². The summed E-state index contributed by atoms with van der Waals surface area (Å²) in [7, 11) is 2.00. The summed E-state index contributed by atoms with van der Waals surface area (Å²) in [5, 5.41) is 4.56. The van der Waals surface area contributed by atoms with E-state index in [0.717, 1.165) is 18.9 Å². The van der Waals surface area contributed by atoms with E-state index in [2.05, 4.69) is 28.3 Å². The van der Waals surface area contributed by atoms with Crippen LogP contribution in [0.2, 0.25) is 0 Å². The lowest BCUT2D eigenvalue weighted by molar-refractivity contribution is 0.633. The van der Waals surface area contributed by atoms with Gasteiger partial charge in [-0.3, -0.25) is 0 Å². The fraction of sp³-hybridized carbons (Fsp3) is 0.727. The van der Waals surface area contributed by atoms with Crippen molar-refractivity contribution in [1.29, 1.82) is 0 Å². The molecule has 2 nitrogen and oxygen atoms in total. The zero-order valence-corrected chi connectivity index (χ0v) is 10.8. The fourth-order valence-electron chi connectivity index (χ4n) is 1.82. The van der Waals surface area contributed by atoms with Crippen LogP contribution in [0.4, 0.5) is 0 Å². The topological polar surface area (TPSA) is 24.9 Å². The summed E-state index contributed by atoms with van der Waals surface area (Å²) in [5.74, 6) is 3.38. The summed E-state index contributed by atoms with van der Waals surface area (Å²) in [6.45, 7) is 1.06. The minimum atomic E-state index is 0.750. The van der Waals surface area contributed by atoms with Gasteiger partial charge in [0.1, 0.15) is 0 Å². The number of thiazole rings is 1. The summed E-state index contributed by atoms with van der Waals surface area (Å²) in [4.78, 5) is 6.00. The van der Waals surface area contributed by atoms with Crippen molar-refractivity contribution in [2.45, 2.75) is 25.2 Å². The van der Waals surface area contributed by atoms with Gasteiger partial charge < -0.3 is 5.32 Å². The van der Waals surface area contributed by atoms with Crippen LogP contribution < -0.4 is 5.32 Å². The van der Waals surface area contributed by atoms with Gasteiger partial charge in [0.25, 0.3) is 0 Å². The highest BCUT2D eigenvalue weighted by Gasteiger charge is 2.18. The van der Waals surface area contributed by atoms with Crippen LogP contribution in [0, 0.1) is 0 Å². The first-order valence-electron chi connectivity index (χ1n) is 5.57. The first-order chi connectivity index (χ1) is 7.40. The van der Waals surface area contributed by atoms with E-state index in [0.29, 0.717) is 0 Å². The summed E-state index contributed by atoms with van der Waals surface area (Å²) in [6, 6.07) is 0. The minimum absolute atomic E-state index is 0.750. The Morgan fingerprint density at radius 2 is 2.27 bits per heavy atom. The Kier molecular flexibility index (Phi) is 4.47. The quantitative estimate of drug-likeness (QED) is 0.878. The lowest BCUT2D eigenvalue weighted by Crippen LogP contribution is -2.09. The Labute approximate surface area is 99.9 Å². The van der Waals surface area contributed by atoms with Gasteiger partial charge in [-0.2, -0.15) is 11.8 Å². The molecule has 1 aliphatic heterocycles. The number of nitrogens with one attached hydrogen (secondary N) is 1. The van der Waals surface area contributed by atoms with Gasteiger partial charge in [0.15, 0.2) is 0 Å². The van der Waals surface area contributed by atoms with Gasteiger partial charge in [-0.15, -0.1) is 11.3 Å². The molecule has 0 atom stereocenters. The van der Waals surface area contributed by atoms with Crippen LogP contribution in [0.25, 0.3) is 0 Å². The van der Waals surface area contributed by atoms with Gasteiger partial charge in [0.2, 0.25) is 0 Å². The van der Waals surface area contributed by atoms with E-state index in [1.165, 1.54) is 34.2 Å². The lowest BCUT2D eigenvalue weighted by Gasteiger charge is -2.18. The minimum Gasteiger partial charge on any atom is -0.319 e. The van der Waals surface area contributed by atoms with E-state index in [9.17, 15) is 0 Å². The van der Waals surface area contributed by atoms with Crippen molar-refractivity contribution < 1.29 is 0 Å². The zero-order chi connectivity index (χ0) is 10.5. The second-order valence-electron chi connectivity index (χ2n) is 3.91. The van der Waals surface area contributed by atoms with E-state index in [4.69, 9.17) is 0 Å². The molecular formula is C11H18N2S2. The molecule has 0 unspecified atom stereocenters. The van der Waals surface area contributed by atoms with Gasteiger partial charge in [0, 0.05) is 17.0 Å². The highest BCUT2D eigenvalue weighted by Crippen LogP contribution is 2.33. The van der Waals surface area contributed by atoms with Crippen molar-refractivity contribution in [2.75, 3.05) is 25.1 Å². The summed E-state index contributed by atoms with van der Waals surface area (Å²) in [6.07, 6.45) is 5.84. The average Bonchev–Trinajstić information content (AvgIpc) is 2.76. The highest BCUT2D eigenvalue weighted by molar-refractivity contribution is 7.99. The molecule has 0 spiro atoms. The molecule has 0 bridgehead atoms. The fourth-order valence-corrected chi connectivity index (χ4v) is 4.01. The third-order valence-electron chi connectivity index (χ3n) is 2.76. The smallest absolute Gasteiger partial charge is 0.0959 e. The first-order valence-corrected chi connectivity index (χ1v) is 7.54. The van der Waals surface area contributed by atoms with Gasteiger partial charge in [-0.1, -0.05) is 0 Å². The number of likely N-dealkylation sites (N-methyl/N-ethyl adjacent to an activating group) is 1. The molecular weight excluding hydrogens is 224 g/mol. The van der Waals surface area contributed by atoms with E-state index in [1.54, 1.807) is 0 Å². The van der Waals surface area contributed by atoms with E-state index >= 15 is 0 Å². The van der Waals surface area contributed by atoms with Crippen molar-refractivity contribution in [3.63, 3.8) is 0 Å². The number of rotatable bonds is 4. The van der Waals surface area contributed by atoms with Gasteiger partial charge in [-0.05, 0) is 44.4 Å². The molecule has 2 heterocycles. The number of aromatic nitrogens is 1. The van der Waals surface area contributed by atoms with Crippen molar-refractivity contribution in [3.05, 3.63) is 16.1 Å². The van der Waals surface area contributed by atoms with Crippen LogP contribution in [-0.2, 0) is 6.42 Å². The molecule has 0 amide bonds. The SMILES string of the molecule is CNCCc1cnc(C2CCSCC2)s1. The third-order valence-corrected chi connectivity index (χ3v) is 5.03. The predicted octanol–water partition coefficient (Wildman–Crippen LogP) is 2.52. The van der Waals surface area contributed by atoms with Crippen LogP contribution in [0.5, 0.6) is 0 Å². The van der Waals surface area contributed by atoms with Crippen LogP contribution >= 0.6 is 23.1 Å². The van der Waals surface area contributed by atoms with Crippen LogP contribution in [0.3, 0.4) is 0 Å². The molecule has 1 aliphatic rings. The molecule has 1 fully saturated rings. The largest absolute Gasteiger partial charge is 0.319 e. The molecule has 2 rings (SSSR count). The Hall–Kier alpha value is -0.0600. The normalized spacial score (nSPS) is 18.2. The van der Waals surface area contributed by atoms with E-state index < -0.39 is 0 Å². The molecule has 1 aromatic heterocycles. The van der Waals surface area contributed by atoms with Gasteiger partial charge >= 0.3 is 0 Å². The second-order valence-corrected chi connectivity index (χ2v) is 6.28. The van der Waals surface area contributed by atoms with E-state index in [1.807, 2.05) is 18.4 Å². The van der Waals surface area contributed by atoms with Crippen molar-refractivity contribution in [2.24, 2.45) is 0 Å². The summed E-state index contributed by atoms with van der Waals surface area (Å²) in [5.41, 5.74) is 0. The highest BCUT2D eigenvalue weighted by atomic mass is 32.2. The molecule has 1 N–H and O–H groups in total. The number of nitrogens with zero attached hydrogens (tertiary/aromatic N) is 1. The summed E-state index contributed by atoms with van der Waals surface area (Å²) < 4.78 is 0. The van der Waals surface area contributed by atoms with Crippen LogP contribution in [0.1, 0.15) is 28.6 Å². The number of hydrogen-bond donors (Lipinski definition) is 1. The molecule has 0 saturated carbocycles. The monoisotopic (exact) mass is 242 g/mol. The molecule has 84 valence electrons. The van der Waals surface area contributed by atoms with Crippen LogP contribution in [0.15, 0.2) is 6.20 Å². The molecule has 0 aliphatic carbocycles. The molecule has 15 heavy (non-hydrogen) atoms. The number of hydrogen-bond acceptors (Lipinski definition) is 4. The molecule has 1 saturated heterocycles. The molecule has 4 heteroatoms. The van der Waals surface area contributed by atoms with Crippen LogP contribution in [-0.4, -0.2) is 30.1 Å². The average molecular weight is 242 g/mol. The van der Waals surface area contributed by atoms with Crippen molar-refractivity contribution in [3.8, 4) is 0 Å². The molecule has 0 aromatic carbocycles. The Morgan fingerprint density at radius 1 is 1.47 bits per heavy atom. The maximum Gasteiger partial charge on any atom is 0.0959 e. The maximum absolute atomic E-state index is 4.57. The summed E-state index contributed by atoms with van der Waals surface area (Å²) >= 11 is 4.00. The zero-order valence-electron chi connectivity index (χ0n) is 9.16. The Bertz CT molecular complexity index is 293. The predicted molar refractivity (Wildman–Crippen MR) is 69.0 cm³/mol. The third kappa shape index (κ3) is 3.20. The molecule has 1 aromatic rings. The van der Waals surface area contributed by atoms with Crippen molar-refractivity contribution >= 4 is 23.1 Å².